The Hall–Kier alpha value is -2.51. The van der Waals surface area contributed by atoms with Gasteiger partial charge in [-0.05, 0) is 37.6 Å². The zero-order valence-corrected chi connectivity index (χ0v) is 12.6. The first-order valence-electron chi connectivity index (χ1n) is 6.97. The lowest BCUT2D eigenvalue weighted by molar-refractivity contribution is -0.174. The van der Waals surface area contributed by atoms with E-state index in [-0.39, 0.29) is 0 Å². The summed E-state index contributed by atoms with van der Waals surface area (Å²) in [5.74, 6) is -1.50. The summed E-state index contributed by atoms with van der Waals surface area (Å²) in [7, 11) is 0. The van der Waals surface area contributed by atoms with E-state index >= 15 is 0 Å². The highest BCUT2D eigenvalue weighted by Gasteiger charge is 2.39. The number of nitrogens with zero attached hydrogens (tertiary/aromatic N) is 2. The molecule has 124 valence electrons. The predicted molar refractivity (Wildman–Crippen MR) is 77.3 cm³/mol. The van der Waals surface area contributed by atoms with Crippen LogP contribution in [0, 0.1) is 0 Å². The standard InChI is InChI=1S/C15H16F3N3O2/c1-3-23-13-9-11(10(2)20-14(22)15(16,17)18)5-6-12(13)21-8-4-7-19-21/h4-10H,3H2,1-2H3,(H,20,22)/t10-/m1/s1. The van der Waals surface area contributed by atoms with Gasteiger partial charge in [0.1, 0.15) is 11.4 Å². The van der Waals surface area contributed by atoms with Crippen LogP contribution >= 0.6 is 0 Å². The summed E-state index contributed by atoms with van der Waals surface area (Å²) >= 11 is 0. The van der Waals surface area contributed by atoms with Crippen molar-refractivity contribution in [2.24, 2.45) is 0 Å². The Kier molecular flexibility index (Phi) is 4.92. The van der Waals surface area contributed by atoms with Gasteiger partial charge in [-0.25, -0.2) is 4.68 Å². The van der Waals surface area contributed by atoms with Crippen LogP contribution in [0.1, 0.15) is 25.5 Å². The van der Waals surface area contributed by atoms with Gasteiger partial charge in [0.05, 0.1) is 12.6 Å². The molecule has 0 bridgehead atoms. The highest BCUT2D eigenvalue weighted by molar-refractivity contribution is 5.82. The molecule has 0 fully saturated rings. The summed E-state index contributed by atoms with van der Waals surface area (Å²) in [6, 6.07) is 5.84. The van der Waals surface area contributed by atoms with Crippen LogP contribution in [0.5, 0.6) is 5.75 Å². The number of carbonyl (C=O) groups excluding carboxylic acids is 1. The maximum atomic E-state index is 12.3. The van der Waals surface area contributed by atoms with E-state index in [0.29, 0.717) is 23.6 Å². The Morgan fingerprint density at radius 3 is 2.74 bits per heavy atom. The number of aromatic nitrogens is 2. The third-order valence-corrected chi connectivity index (χ3v) is 3.14. The summed E-state index contributed by atoms with van der Waals surface area (Å²) in [4.78, 5) is 11.0. The van der Waals surface area contributed by atoms with E-state index in [9.17, 15) is 18.0 Å². The maximum absolute atomic E-state index is 12.3. The number of hydrogen-bond acceptors (Lipinski definition) is 3. The van der Waals surface area contributed by atoms with Crippen molar-refractivity contribution in [1.82, 2.24) is 15.1 Å². The van der Waals surface area contributed by atoms with Crippen LogP contribution in [0.4, 0.5) is 13.2 Å². The highest BCUT2D eigenvalue weighted by atomic mass is 19.4. The minimum absolute atomic E-state index is 0.390. The predicted octanol–water partition coefficient (Wildman–Crippen LogP) is 3.01. The van der Waals surface area contributed by atoms with Crippen LogP contribution in [0.25, 0.3) is 5.69 Å². The summed E-state index contributed by atoms with van der Waals surface area (Å²) in [5.41, 5.74) is 1.16. The fraction of sp³-hybridized carbons (Fsp3) is 0.333. The maximum Gasteiger partial charge on any atom is 0.471 e. The first kappa shape index (κ1) is 16.9. The molecule has 0 aliphatic rings. The second kappa shape index (κ2) is 6.72. The van der Waals surface area contributed by atoms with Crippen molar-refractivity contribution in [1.29, 1.82) is 0 Å². The van der Waals surface area contributed by atoms with Crippen molar-refractivity contribution in [3.05, 3.63) is 42.2 Å². The summed E-state index contributed by atoms with van der Waals surface area (Å²) in [5, 5.41) is 6.02. The van der Waals surface area contributed by atoms with E-state index in [1.807, 2.05) is 5.32 Å². The Morgan fingerprint density at radius 1 is 1.43 bits per heavy atom. The summed E-state index contributed by atoms with van der Waals surface area (Å²) in [6.45, 7) is 3.66. The van der Waals surface area contributed by atoms with Gasteiger partial charge in [-0.3, -0.25) is 4.79 Å². The van der Waals surface area contributed by atoms with Gasteiger partial charge >= 0.3 is 12.1 Å². The van der Waals surface area contributed by atoms with Gasteiger partial charge in [-0.2, -0.15) is 18.3 Å². The Morgan fingerprint density at radius 2 is 2.17 bits per heavy atom. The first-order valence-corrected chi connectivity index (χ1v) is 6.97. The van der Waals surface area contributed by atoms with Gasteiger partial charge in [0, 0.05) is 12.4 Å². The molecule has 5 nitrogen and oxygen atoms in total. The monoisotopic (exact) mass is 327 g/mol. The molecule has 1 aromatic carbocycles. The molecule has 0 unspecified atom stereocenters. The van der Waals surface area contributed by atoms with Gasteiger partial charge < -0.3 is 10.1 Å². The van der Waals surface area contributed by atoms with Crippen LogP contribution in [0.15, 0.2) is 36.7 Å². The SMILES string of the molecule is CCOc1cc([C@@H](C)NC(=O)C(F)(F)F)ccc1-n1cccn1. The second-order valence-corrected chi connectivity index (χ2v) is 4.80. The Balaban J connectivity index is 2.27. The van der Waals surface area contributed by atoms with Gasteiger partial charge in [-0.15, -0.1) is 0 Å². The molecular formula is C15H16F3N3O2. The molecule has 0 saturated heterocycles. The number of alkyl halides is 3. The largest absolute Gasteiger partial charge is 0.492 e. The topological polar surface area (TPSA) is 56.1 Å². The minimum atomic E-state index is -4.91. The Bertz CT molecular complexity index is 669. The number of amides is 1. The molecule has 0 aliphatic heterocycles. The van der Waals surface area contributed by atoms with E-state index in [1.54, 1.807) is 48.3 Å². The molecule has 0 spiro atoms. The molecule has 2 aromatic rings. The fourth-order valence-electron chi connectivity index (χ4n) is 2.03. The normalized spacial score (nSPS) is 12.7. The van der Waals surface area contributed by atoms with Gasteiger partial charge in [0.15, 0.2) is 0 Å². The molecule has 1 amide bonds. The lowest BCUT2D eigenvalue weighted by Gasteiger charge is -2.18. The van der Waals surface area contributed by atoms with Crippen molar-refractivity contribution in [3.63, 3.8) is 0 Å². The zero-order valence-electron chi connectivity index (χ0n) is 12.6. The van der Waals surface area contributed by atoms with E-state index < -0.39 is 18.1 Å². The van der Waals surface area contributed by atoms with Crippen molar-refractivity contribution in [2.45, 2.75) is 26.1 Å². The number of rotatable bonds is 5. The smallest absolute Gasteiger partial charge is 0.471 e. The van der Waals surface area contributed by atoms with E-state index in [2.05, 4.69) is 5.10 Å². The quantitative estimate of drug-likeness (QED) is 0.918. The van der Waals surface area contributed by atoms with Gasteiger partial charge in [0.2, 0.25) is 0 Å². The molecule has 0 aliphatic carbocycles. The zero-order chi connectivity index (χ0) is 17.0. The lowest BCUT2D eigenvalue weighted by Crippen LogP contribution is -2.38. The van der Waals surface area contributed by atoms with E-state index in [0.717, 1.165) is 0 Å². The summed E-state index contributed by atoms with van der Waals surface area (Å²) in [6.07, 6.45) is -1.58. The van der Waals surface area contributed by atoms with Crippen LogP contribution in [0.3, 0.4) is 0 Å². The molecule has 0 radical (unpaired) electrons. The lowest BCUT2D eigenvalue weighted by atomic mass is 10.1. The molecule has 1 heterocycles. The number of hydrogen-bond donors (Lipinski definition) is 1. The van der Waals surface area contributed by atoms with Crippen molar-refractivity contribution < 1.29 is 22.7 Å². The summed E-state index contributed by atoms with van der Waals surface area (Å²) < 4.78 is 44.1. The number of ether oxygens (including phenoxy) is 1. The molecule has 8 heteroatoms. The van der Waals surface area contributed by atoms with Crippen LogP contribution in [-0.4, -0.2) is 28.5 Å². The van der Waals surface area contributed by atoms with Crippen molar-refractivity contribution in [3.8, 4) is 11.4 Å². The van der Waals surface area contributed by atoms with Gasteiger partial charge in [0.25, 0.3) is 0 Å². The first-order chi connectivity index (χ1) is 10.8. The van der Waals surface area contributed by atoms with Crippen molar-refractivity contribution in [2.75, 3.05) is 6.61 Å². The number of carbonyl (C=O) groups is 1. The second-order valence-electron chi connectivity index (χ2n) is 4.80. The third kappa shape index (κ3) is 4.02. The highest BCUT2D eigenvalue weighted by Crippen LogP contribution is 2.27. The van der Waals surface area contributed by atoms with E-state index in [1.165, 1.54) is 6.92 Å². The molecule has 1 aromatic heterocycles. The van der Waals surface area contributed by atoms with Crippen LogP contribution in [-0.2, 0) is 4.79 Å². The Labute approximate surface area is 131 Å². The number of halogens is 3. The molecule has 2 rings (SSSR count). The molecule has 1 N–H and O–H groups in total. The average Bonchev–Trinajstić information content (AvgIpc) is 3.00. The van der Waals surface area contributed by atoms with Crippen molar-refractivity contribution >= 4 is 5.91 Å². The number of benzene rings is 1. The third-order valence-electron chi connectivity index (χ3n) is 3.14. The molecule has 1 atom stereocenters. The van der Waals surface area contributed by atoms with Crippen LogP contribution < -0.4 is 10.1 Å². The number of nitrogens with one attached hydrogen (secondary N) is 1. The molecule has 0 saturated carbocycles. The van der Waals surface area contributed by atoms with E-state index in [4.69, 9.17) is 4.74 Å². The average molecular weight is 327 g/mol. The van der Waals surface area contributed by atoms with Gasteiger partial charge in [-0.1, -0.05) is 6.07 Å². The molecular weight excluding hydrogens is 311 g/mol. The van der Waals surface area contributed by atoms with Crippen LogP contribution in [0.2, 0.25) is 0 Å². The minimum Gasteiger partial charge on any atom is -0.492 e. The molecule has 23 heavy (non-hydrogen) atoms. The fourth-order valence-corrected chi connectivity index (χ4v) is 2.03.